The van der Waals surface area contributed by atoms with Crippen LogP contribution in [-0.4, -0.2) is 41.9 Å². The molecule has 6 nitrogen and oxygen atoms in total. The van der Waals surface area contributed by atoms with Crippen molar-refractivity contribution in [2.45, 2.75) is 25.5 Å². The Hall–Kier alpha value is -3.25. The molecule has 0 amide bonds. The van der Waals surface area contributed by atoms with Crippen molar-refractivity contribution in [3.8, 4) is 5.75 Å². The van der Waals surface area contributed by atoms with Crippen LogP contribution in [0, 0.1) is 5.92 Å². The molecule has 0 spiro atoms. The van der Waals surface area contributed by atoms with E-state index in [1.165, 1.54) is 12.7 Å². The number of pyridine rings is 1. The number of carbonyl (C=O) groups is 1. The van der Waals surface area contributed by atoms with Gasteiger partial charge in [0.1, 0.15) is 5.75 Å². The first kappa shape index (κ1) is 18.8. The minimum absolute atomic E-state index is 0.314. The average molecular weight is 402 g/mol. The second kappa shape index (κ2) is 7.22. The van der Waals surface area contributed by atoms with E-state index in [0.717, 1.165) is 44.8 Å². The number of benzene rings is 2. The maximum atomic E-state index is 12.3. The number of fused-ring (bicyclic) bond motifs is 1. The lowest BCUT2D eigenvalue weighted by atomic mass is 9.79. The monoisotopic (exact) mass is 402 g/mol. The van der Waals surface area contributed by atoms with Gasteiger partial charge in [-0.1, -0.05) is 18.2 Å². The molecule has 6 heteroatoms. The Morgan fingerprint density at radius 3 is 2.90 bits per heavy atom. The third-order valence-electron chi connectivity index (χ3n) is 6.03. The number of aliphatic hydroxyl groups is 1. The number of aliphatic hydroxyl groups excluding tert-OH is 1. The first-order valence-electron chi connectivity index (χ1n) is 10.1. The lowest BCUT2D eigenvalue weighted by Crippen LogP contribution is -2.46. The van der Waals surface area contributed by atoms with E-state index < -0.39 is 18.0 Å². The number of hydrogen-bond donors (Lipinski definition) is 1. The third-order valence-corrected chi connectivity index (χ3v) is 6.03. The number of aromatic nitrogens is 1. The molecule has 0 bridgehead atoms. The molecule has 30 heavy (non-hydrogen) atoms. The maximum Gasteiger partial charge on any atom is 0.335 e. The minimum Gasteiger partial charge on any atom is -0.493 e. The Morgan fingerprint density at radius 1 is 1.23 bits per heavy atom. The fourth-order valence-electron chi connectivity index (χ4n) is 4.67. The first-order chi connectivity index (χ1) is 14.6. The highest BCUT2D eigenvalue weighted by molar-refractivity contribution is 5.98. The van der Waals surface area contributed by atoms with Crippen LogP contribution in [0.2, 0.25) is 0 Å². The zero-order valence-electron chi connectivity index (χ0n) is 16.8. The lowest BCUT2D eigenvalue weighted by Gasteiger charge is -2.31. The van der Waals surface area contributed by atoms with E-state index in [2.05, 4.69) is 4.98 Å². The van der Waals surface area contributed by atoms with Crippen molar-refractivity contribution < 1.29 is 19.4 Å². The van der Waals surface area contributed by atoms with E-state index >= 15 is 0 Å². The molecule has 0 saturated carbocycles. The highest BCUT2D eigenvalue weighted by Crippen LogP contribution is 2.39. The predicted molar refractivity (Wildman–Crippen MR) is 112 cm³/mol. The van der Waals surface area contributed by atoms with Crippen molar-refractivity contribution in [3.63, 3.8) is 0 Å². The number of carbonyl (C=O) groups excluding carboxylic acids is 1. The fourth-order valence-corrected chi connectivity index (χ4v) is 4.67. The van der Waals surface area contributed by atoms with Gasteiger partial charge in [-0.2, -0.15) is 0 Å². The van der Waals surface area contributed by atoms with Crippen LogP contribution < -0.4 is 15.3 Å². The van der Waals surface area contributed by atoms with Crippen molar-refractivity contribution in [3.05, 3.63) is 70.4 Å². The highest BCUT2D eigenvalue weighted by Gasteiger charge is 2.38. The molecule has 3 heterocycles. The second-order valence-corrected chi connectivity index (χ2v) is 7.70. The van der Waals surface area contributed by atoms with E-state index in [-0.39, 0.29) is 6.04 Å². The molecule has 0 aliphatic carbocycles. The van der Waals surface area contributed by atoms with E-state index in [9.17, 15) is 9.90 Å². The van der Waals surface area contributed by atoms with Gasteiger partial charge in [-0.15, -0.1) is 0 Å². The summed E-state index contributed by atoms with van der Waals surface area (Å²) in [5.41, 5.74) is 3.73. The molecule has 1 aromatic heterocycles. The summed E-state index contributed by atoms with van der Waals surface area (Å²) in [5.74, 6) is -0.413. The van der Waals surface area contributed by atoms with Gasteiger partial charge < -0.3 is 14.6 Å². The zero-order valence-corrected chi connectivity index (χ0v) is 16.8. The summed E-state index contributed by atoms with van der Waals surface area (Å²) in [5, 5.41) is 13.6. The molecule has 2 aliphatic heterocycles. The number of methoxy groups -OCH3 is 1. The van der Waals surface area contributed by atoms with Crippen LogP contribution in [0.3, 0.4) is 0 Å². The molecule has 0 radical (unpaired) electrons. The minimum atomic E-state index is -1.33. The molecule has 2 aliphatic rings. The molecule has 3 atom stereocenters. The molecule has 3 unspecified atom stereocenters. The van der Waals surface area contributed by atoms with Gasteiger partial charge in [0.05, 0.1) is 30.6 Å². The quantitative estimate of drug-likeness (QED) is 0.672. The van der Waals surface area contributed by atoms with Gasteiger partial charge in [-0.25, -0.2) is 4.79 Å². The lowest BCUT2D eigenvalue weighted by molar-refractivity contribution is -0.152. The molecule has 3 aromatic rings. The van der Waals surface area contributed by atoms with E-state index in [1.807, 2.05) is 55.6 Å². The van der Waals surface area contributed by atoms with Gasteiger partial charge in [0.2, 0.25) is 0 Å². The number of nitrogens with zero attached hydrogens (tertiary/aromatic N) is 2. The van der Waals surface area contributed by atoms with Gasteiger partial charge in [0, 0.05) is 34.7 Å². The molecular formula is C24H22N2O4. The van der Waals surface area contributed by atoms with Crippen LogP contribution in [-0.2, 0) is 16.0 Å². The standard InChI is InChI=1S/C24H22N2O4/c1-13-19(23(27)24(28)29-2)21(15-5-3-4-6-17(15)26-13)16-7-8-18-20-14(10-12-30-18)9-11-25-22(16)20/h3-9,11,13,19,23,27H,10,12H2,1-2H3. The zero-order chi connectivity index (χ0) is 20.8. The molecule has 0 saturated heterocycles. The van der Waals surface area contributed by atoms with E-state index in [1.54, 1.807) is 0 Å². The number of esters is 1. The van der Waals surface area contributed by atoms with Gasteiger partial charge in [0.15, 0.2) is 6.10 Å². The van der Waals surface area contributed by atoms with Gasteiger partial charge in [0.25, 0.3) is 0 Å². The van der Waals surface area contributed by atoms with Crippen LogP contribution >= 0.6 is 0 Å². The fraction of sp³-hybridized carbons (Fsp3) is 0.292. The molecule has 1 N–H and O–H groups in total. The number of para-hydroxylation sites is 1. The van der Waals surface area contributed by atoms with Crippen LogP contribution in [0.4, 0.5) is 0 Å². The Labute approximate surface area is 173 Å². The van der Waals surface area contributed by atoms with Crippen LogP contribution in [0.1, 0.15) is 18.1 Å². The topological polar surface area (TPSA) is 81.0 Å². The summed E-state index contributed by atoms with van der Waals surface area (Å²) in [6.07, 6.45) is 1.30. The summed E-state index contributed by atoms with van der Waals surface area (Å²) in [7, 11) is 1.28. The third kappa shape index (κ3) is 2.79. The number of hydrogen-bond acceptors (Lipinski definition) is 6. The van der Waals surface area contributed by atoms with Gasteiger partial charge >= 0.3 is 5.97 Å². The van der Waals surface area contributed by atoms with Crippen molar-refractivity contribution in [1.82, 2.24) is 4.98 Å². The second-order valence-electron chi connectivity index (χ2n) is 7.70. The van der Waals surface area contributed by atoms with Crippen LogP contribution in [0.25, 0.3) is 16.5 Å². The summed E-state index contributed by atoms with van der Waals surface area (Å²) >= 11 is 0. The Morgan fingerprint density at radius 2 is 2.07 bits per heavy atom. The van der Waals surface area contributed by atoms with E-state index in [0.29, 0.717) is 6.61 Å². The molecule has 0 fully saturated rings. The average Bonchev–Trinajstić information content (AvgIpc) is 2.78. The molecule has 2 aromatic carbocycles. The number of ether oxygens (including phenoxy) is 2. The molecular weight excluding hydrogens is 380 g/mol. The summed E-state index contributed by atoms with van der Waals surface area (Å²) in [6, 6.07) is 13.4. The van der Waals surface area contributed by atoms with Crippen molar-refractivity contribution in [2.75, 3.05) is 13.7 Å². The molecule has 152 valence electrons. The van der Waals surface area contributed by atoms with Crippen molar-refractivity contribution >= 4 is 22.4 Å². The SMILES string of the molecule is COC(=O)C(O)C1C(c2ccc3c4c(ccnc24)CCO3)=c2ccccc2=NC1C. The predicted octanol–water partition coefficient (Wildman–Crippen LogP) is 1.54. The maximum absolute atomic E-state index is 12.3. The molecule has 5 rings (SSSR count). The first-order valence-corrected chi connectivity index (χ1v) is 10.1. The number of rotatable bonds is 3. The van der Waals surface area contributed by atoms with Gasteiger partial charge in [-0.3, -0.25) is 9.98 Å². The van der Waals surface area contributed by atoms with E-state index in [4.69, 9.17) is 14.5 Å². The summed E-state index contributed by atoms with van der Waals surface area (Å²) in [6.45, 7) is 2.55. The normalized spacial score (nSPS) is 20.7. The van der Waals surface area contributed by atoms with Crippen LogP contribution in [0.15, 0.2) is 53.7 Å². The smallest absolute Gasteiger partial charge is 0.335 e. The van der Waals surface area contributed by atoms with Crippen molar-refractivity contribution in [2.24, 2.45) is 10.9 Å². The largest absolute Gasteiger partial charge is 0.493 e. The Bertz CT molecular complexity index is 1270. The Kier molecular flexibility index (Phi) is 4.51. The Balaban J connectivity index is 1.86. The van der Waals surface area contributed by atoms with Crippen molar-refractivity contribution in [1.29, 1.82) is 0 Å². The highest BCUT2D eigenvalue weighted by atomic mass is 16.5. The van der Waals surface area contributed by atoms with Gasteiger partial charge in [-0.05, 0) is 42.3 Å². The summed E-state index contributed by atoms with van der Waals surface area (Å²) in [4.78, 5) is 21.7. The summed E-state index contributed by atoms with van der Waals surface area (Å²) < 4.78 is 10.7. The van der Waals surface area contributed by atoms with Crippen LogP contribution in [0.5, 0.6) is 5.75 Å².